The Balaban J connectivity index is 4.27. The van der Waals surface area contributed by atoms with Gasteiger partial charge in [-0.2, -0.15) is 0 Å². The molecule has 4 nitrogen and oxygen atoms in total. The highest BCUT2D eigenvalue weighted by Gasteiger charge is 2.24. The normalized spacial score (nSPS) is 14.1. The van der Waals surface area contributed by atoms with Crippen molar-refractivity contribution < 1.29 is 9.90 Å². The molecular formula is C16H34N2O2. The van der Waals surface area contributed by atoms with E-state index in [4.69, 9.17) is 10.8 Å². The molecular weight excluding hydrogens is 252 g/mol. The summed E-state index contributed by atoms with van der Waals surface area (Å²) in [5, 5.41) is 8.96. The summed E-state index contributed by atoms with van der Waals surface area (Å²) in [6.45, 7) is 7.79. The van der Waals surface area contributed by atoms with Crippen LogP contribution in [0.3, 0.4) is 0 Å². The number of unbranched alkanes of at least 4 members (excludes halogenated alkanes) is 4. The third-order valence-electron chi connectivity index (χ3n) is 3.97. The lowest BCUT2D eigenvalue weighted by Gasteiger charge is -2.28. The average Bonchev–Trinajstić information content (AvgIpc) is 2.47. The zero-order chi connectivity index (χ0) is 15.4. The summed E-state index contributed by atoms with van der Waals surface area (Å²) in [5.41, 5.74) is 6.04. The van der Waals surface area contributed by atoms with E-state index >= 15 is 0 Å². The van der Waals surface area contributed by atoms with Crippen molar-refractivity contribution in [1.82, 2.24) is 4.90 Å². The van der Waals surface area contributed by atoms with Gasteiger partial charge in [0.2, 0.25) is 5.91 Å². The van der Waals surface area contributed by atoms with E-state index in [1.54, 1.807) is 0 Å². The molecule has 0 heterocycles. The molecule has 0 spiro atoms. The minimum absolute atomic E-state index is 0.0447. The second kappa shape index (κ2) is 12.2. The molecule has 0 saturated heterocycles. The van der Waals surface area contributed by atoms with Crippen LogP contribution >= 0.6 is 0 Å². The number of rotatable bonds is 12. The molecule has 1 amide bonds. The van der Waals surface area contributed by atoms with Gasteiger partial charge in [-0.15, -0.1) is 0 Å². The quantitative estimate of drug-likeness (QED) is 0.542. The van der Waals surface area contributed by atoms with Gasteiger partial charge in [0.25, 0.3) is 0 Å². The van der Waals surface area contributed by atoms with Gasteiger partial charge in [-0.1, -0.05) is 52.9 Å². The Morgan fingerprint density at radius 1 is 1.10 bits per heavy atom. The molecule has 0 aromatic rings. The van der Waals surface area contributed by atoms with Gasteiger partial charge in [0.1, 0.15) is 0 Å². The first kappa shape index (κ1) is 19.4. The van der Waals surface area contributed by atoms with Crippen molar-refractivity contribution in [3.8, 4) is 0 Å². The van der Waals surface area contributed by atoms with Crippen molar-refractivity contribution in [2.75, 3.05) is 19.7 Å². The number of carbonyl (C=O) groups is 1. The SMILES string of the molecule is CCCCCCCN(CCCO)C(=O)[C@@H](N)C(C)CC. The van der Waals surface area contributed by atoms with Gasteiger partial charge >= 0.3 is 0 Å². The van der Waals surface area contributed by atoms with Crippen LogP contribution in [-0.2, 0) is 4.79 Å². The second-order valence-electron chi connectivity index (χ2n) is 5.73. The van der Waals surface area contributed by atoms with E-state index in [1.807, 2.05) is 11.8 Å². The summed E-state index contributed by atoms with van der Waals surface area (Å²) in [4.78, 5) is 14.2. The Bertz CT molecular complexity index is 247. The fourth-order valence-electron chi connectivity index (χ4n) is 2.21. The number of nitrogens with two attached hydrogens (primary N) is 1. The predicted octanol–water partition coefficient (Wildman–Crippen LogP) is 2.54. The number of carbonyl (C=O) groups excluding carboxylic acids is 1. The monoisotopic (exact) mass is 286 g/mol. The lowest BCUT2D eigenvalue weighted by molar-refractivity contribution is -0.134. The minimum atomic E-state index is -0.408. The second-order valence-corrected chi connectivity index (χ2v) is 5.73. The maximum atomic E-state index is 12.4. The average molecular weight is 286 g/mol. The topological polar surface area (TPSA) is 66.6 Å². The van der Waals surface area contributed by atoms with Gasteiger partial charge in [-0.05, 0) is 18.8 Å². The highest BCUT2D eigenvalue weighted by molar-refractivity contribution is 5.81. The van der Waals surface area contributed by atoms with Gasteiger partial charge in [-0.3, -0.25) is 4.79 Å². The molecule has 20 heavy (non-hydrogen) atoms. The third-order valence-corrected chi connectivity index (χ3v) is 3.97. The molecule has 0 fully saturated rings. The minimum Gasteiger partial charge on any atom is -0.396 e. The molecule has 4 heteroatoms. The van der Waals surface area contributed by atoms with Crippen LogP contribution in [0.2, 0.25) is 0 Å². The van der Waals surface area contributed by atoms with Crippen LogP contribution in [0.5, 0.6) is 0 Å². The molecule has 0 bridgehead atoms. The van der Waals surface area contributed by atoms with Crippen LogP contribution in [0, 0.1) is 5.92 Å². The molecule has 0 aliphatic heterocycles. The van der Waals surface area contributed by atoms with Crippen molar-refractivity contribution in [3.63, 3.8) is 0 Å². The van der Waals surface area contributed by atoms with Crippen LogP contribution in [0.1, 0.15) is 65.7 Å². The number of hydrogen-bond donors (Lipinski definition) is 2. The number of aliphatic hydroxyl groups is 1. The summed E-state index contributed by atoms with van der Waals surface area (Å²) in [7, 11) is 0. The van der Waals surface area contributed by atoms with Crippen molar-refractivity contribution in [3.05, 3.63) is 0 Å². The zero-order valence-electron chi connectivity index (χ0n) is 13.6. The number of aliphatic hydroxyl groups excluding tert-OH is 1. The van der Waals surface area contributed by atoms with Crippen molar-refractivity contribution in [2.45, 2.75) is 71.8 Å². The van der Waals surface area contributed by atoms with E-state index < -0.39 is 6.04 Å². The van der Waals surface area contributed by atoms with Gasteiger partial charge in [0.15, 0.2) is 0 Å². The molecule has 0 rings (SSSR count). The maximum absolute atomic E-state index is 12.4. The molecule has 3 N–H and O–H groups in total. The molecule has 0 radical (unpaired) electrons. The number of hydrogen-bond acceptors (Lipinski definition) is 3. The Labute approximate surface area is 124 Å². The molecule has 1 unspecified atom stereocenters. The first-order valence-electron chi connectivity index (χ1n) is 8.23. The summed E-state index contributed by atoms with van der Waals surface area (Å²) < 4.78 is 0. The third kappa shape index (κ3) is 7.85. The molecule has 0 aromatic carbocycles. The Hall–Kier alpha value is -0.610. The van der Waals surface area contributed by atoms with Crippen molar-refractivity contribution in [1.29, 1.82) is 0 Å². The summed E-state index contributed by atoms with van der Waals surface area (Å²) in [6.07, 6.45) is 7.46. The maximum Gasteiger partial charge on any atom is 0.239 e. The van der Waals surface area contributed by atoms with Gasteiger partial charge in [0.05, 0.1) is 6.04 Å². The van der Waals surface area contributed by atoms with E-state index in [-0.39, 0.29) is 18.4 Å². The summed E-state index contributed by atoms with van der Waals surface area (Å²) in [5.74, 6) is 0.252. The highest BCUT2D eigenvalue weighted by atomic mass is 16.3. The zero-order valence-corrected chi connectivity index (χ0v) is 13.6. The van der Waals surface area contributed by atoms with Crippen LogP contribution in [0.4, 0.5) is 0 Å². The highest BCUT2D eigenvalue weighted by Crippen LogP contribution is 2.11. The van der Waals surface area contributed by atoms with E-state index in [9.17, 15) is 4.79 Å². The first-order chi connectivity index (χ1) is 9.58. The van der Waals surface area contributed by atoms with Crippen molar-refractivity contribution >= 4 is 5.91 Å². The van der Waals surface area contributed by atoms with Crippen LogP contribution in [0.25, 0.3) is 0 Å². The smallest absolute Gasteiger partial charge is 0.239 e. The fraction of sp³-hybridized carbons (Fsp3) is 0.938. The fourth-order valence-corrected chi connectivity index (χ4v) is 2.21. The molecule has 0 saturated carbocycles. The van der Waals surface area contributed by atoms with Gasteiger partial charge < -0.3 is 15.7 Å². The van der Waals surface area contributed by atoms with Gasteiger partial charge in [-0.25, -0.2) is 0 Å². The Morgan fingerprint density at radius 3 is 2.25 bits per heavy atom. The standard InChI is InChI=1S/C16H34N2O2/c1-4-6-7-8-9-11-18(12-10-13-19)16(20)15(17)14(3)5-2/h14-15,19H,4-13,17H2,1-3H3/t14?,15-/m0/s1. The lowest BCUT2D eigenvalue weighted by Crippen LogP contribution is -2.47. The van der Waals surface area contributed by atoms with E-state index in [0.29, 0.717) is 13.0 Å². The van der Waals surface area contributed by atoms with Crippen LogP contribution in [0.15, 0.2) is 0 Å². The van der Waals surface area contributed by atoms with Crippen LogP contribution in [-0.4, -0.2) is 41.7 Å². The van der Waals surface area contributed by atoms with E-state index in [2.05, 4.69) is 13.8 Å². The molecule has 0 aliphatic rings. The van der Waals surface area contributed by atoms with E-state index in [0.717, 1.165) is 25.8 Å². The number of amides is 1. The summed E-state index contributed by atoms with van der Waals surface area (Å²) >= 11 is 0. The summed E-state index contributed by atoms with van der Waals surface area (Å²) in [6, 6.07) is -0.408. The number of nitrogens with zero attached hydrogens (tertiary/aromatic N) is 1. The van der Waals surface area contributed by atoms with Crippen molar-refractivity contribution in [2.24, 2.45) is 11.7 Å². The van der Waals surface area contributed by atoms with Crippen LogP contribution < -0.4 is 5.73 Å². The molecule has 120 valence electrons. The predicted molar refractivity (Wildman–Crippen MR) is 84.5 cm³/mol. The Morgan fingerprint density at radius 2 is 1.70 bits per heavy atom. The first-order valence-corrected chi connectivity index (χ1v) is 8.23. The molecule has 2 atom stereocenters. The van der Waals surface area contributed by atoms with E-state index in [1.165, 1.54) is 19.3 Å². The molecule has 0 aromatic heterocycles. The van der Waals surface area contributed by atoms with Gasteiger partial charge in [0, 0.05) is 19.7 Å². The molecule has 0 aliphatic carbocycles. The lowest BCUT2D eigenvalue weighted by atomic mass is 9.98. The largest absolute Gasteiger partial charge is 0.396 e. The Kier molecular flexibility index (Phi) is 11.8.